The Balaban J connectivity index is 2.49. The van der Waals surface area contributed by atoms with E-state index in [0.717, 1.165) is 29.5 Å². The first-order valence-corrected chi connectivity index (χ1v) is 7.42. The fourth-order valence-corrected chi connectivity index (χ4v) is 3.26. The van der Waals surface area contributed by atoms with E-state index >= 15 is 0 Å². The van der Waals surface area contributed by atoms with Crippen LogP contribution in [0, 0.1) is 6.92 Å². The minimum absolute atomic E-state index is 0.0265. The third kappa shape index (κ3) is 2.67. The van der Waals surface area contributed by atoms with Crippen LogP contribution in [0.5, 0.6) is 5.75 Å². The molecular weight excluding hydrogens is 252 g/mol. The molecule has 0 aromatic heterocycles. The number of phenolic OH excluding ortho intramolecular Hbond substituents is 1. The Hall–Kier alpha value is -1.51. The van der Waals surface area contributed by atoms with E-state index in [0.29, 0.717) is 5.75 Å². The number of aliphatic carboxylic acids is 1. The molecule has 0 bridgehead atoms. The summed E-state index contributed by atoms with van der Waals surface area (Å²) >= 11 is 0. The summed E-state index contributed by atoms with van der Waals surface area (Å²) in [6.45, 7) is 5.74. The van der Waals surface area contributed by atoms with Gasteiger partial charge in [0.25, 0.3) is 0 Å². The zero-order chi connectivity index (χ0) is 14.9. The van der Waals surface area contributed by atoms with Crippen molar-refractivity contribution in [2.24, 2.45) is 0 Å². The van der Waals surface area contributed by atoms with E-state index in [1.54, 1.807) is 13.0 Å². The summed E-state index contributed by atoms with van der Waals surface area (Å²) in [6.07, 6.45) is 5.72. The number of hydrogen-bond acceptors (Lipinski definition) is 2. The average Bonchev–Trinajstić information content (AvgIpc) is 2.41. The lowest BCUT2D eigenvalue weighted by molar-refractivity contribution is -0.138. The molecule has 1 saturated carbocycles. The van der Waals surface area contributed by atoms with Crippen molar-refractivity contribution in [3.8, 4) is 5.75 Å². The first-order valence-electron chi connectivity index (χ1n) is 7.42. The van der Waals surface area contributed by atoms with Gasteiger partial charge in [0.1, 0.15) is 5.75 Å². The van der Waals surface area contributed by atoms with Crippen LogP contribution in [0.3, 0.4) is 0 Å². The van der Waals surface area contributed by atoms with E-state index in [-0.39, 0.29) is 5.41 Å². The number of hydrogen-bond donors (Lipinski definition) is 2. The minimum atomic E-state index is -0.824. The van der Waals surface area contributed by atoms with E-state index in [2.05, 4.69) is 6.92 Å². The Kier molecular flexibility index (Phi) is 4.07. The van der Waals surface area contributed by atoms with Crippen molar-refractivity contribution in [3.63, 3.8) is 0 Å². The van der Waals surface area contributed by atoms with Crippen LogP contribution < -0.4 is 0 Å². The zero-order valence-electron chi connectivity index (χ0n) is 12.6. The normalized spacial score (nSPS) is 19.6. The van der Waals surface area contributed by atoms with Crippen LogP contribution in [-0.2, 0) is 10.2 Å². The number of rotatable bonds is 3. The van der Waals surface area contributed by atoms with Gasteiger partial charge in [-0.05, 0) is 43.2 Å². The lowest BCUT2D eigenvalue weighted by Gasteiger charge is -2.35. The van der Waals surface area contributed by atoms with Crippen LogP contribution in [0.1, 0.15) is 68.6 Å². The van der Waals surface area contributed by atoms with Gasteiger partial charge >= 0.3 is 5.97 Å². The number of benzene rings is 1. The summed E-state index contributed by atoms with van der Waals surface area (Å²) in [6, 6.07) is 3.70. The van der Waals surface area contributed by atoms with Crippen LogP contribution >= 0.6 is 0 Å². The van der Waals surface area contributed by atoms with Gasteiger partial charge < -0.3 is 10.2 Å². The van der Waals surface area contributed by atoms with E-state index in [1.807, 2.05) is 13.0 Å². The SMILES string of the molecule is Cc1cc(C(C)C(=O)O)cc(C2(C)CCCCC2)c1O. The molecule has 20 heavy (non-hydrogen) atoms. The van der Waals surface area contributed by atoms with Crippen molar-refractivity contribution >= 4 is 5.97 Å². The molecule has 0 saturated heterocycles. The van der Waals surface area contributed by atoms with Crippen molar-refractivity contribution in [1.82, 2.24) is 0 Å². The van der Waals surface area contributed by atoms with Crippen molar-refractivity contribution in [3.05, 3.63) is 28.8 Å². The summed E-state index contributed by atoms with van der Waals surface area (Å²) in [5, 5.41) is 19.6. The highest BCUT2D eigenvalue weighted by Gasteiger charge is 2.32. The van der Waals surface area contributed by atoms with Gasteiger partial charge in [0.15, 0.2) is 0 Å². The summed E-state index contributed by atoms with van der Waals surface area (Å²) in [5.41, 5.74) is 2.47. The Morgan fingerprint density at radius 3 is 2.40 bits per heavy atom. The number of aromatic hydroxyl groups is 1. The van der Waals surface area contributed by atoms with Crippen LogP contribution in [0.15, 0.2) is 12.1 Å². The molecule has 0 radical (unpaired) electrons. The monoisotopic (exact) mass is 276 g/mol. The van der Waals surface area contributed by atoms with E-state index in [4.69, 9.17) is 0 Å². The molecule has 2 N–H and O–H groups in total. The molecule has 0 heterocycles. The minimum Gasteiger partial charge on any atom is -0.507 e. The predicted molar refractivity (Wildman–Crippen MR) is 79.3 cm³/mol. The van der Waals surface area contributed by atoms with Gasteiger partial charge in [-0.2, -0.15) is 0 Å². The molecule has 2 rings (SSSR count). The van der Waals surface area contributed by atoms with Crippen molar-refractivity contribution in [2.45, 2.75) is 64.2 Å². The molecule has 1 aliphatic carbocycles. The van der Waals surface area contributed by atoms with Crippen LogP contribution in [0.25, 0.3) is 0 Å². The molecule has 1 aliphatic rings. The fraction of sp³-hybridized carbons (Fsp3) is 0.588. The van der Waals surface area contributed by atoms with Crippen LogP contribution in [0.2, 0.25) is 0 Å². The summed E-state index contributed by atoms with van der Waals surface area (Å²) in [4.78, 5) is 11.2. The van der Waals surface area contributed by atoms with E-state index in [1.165, 1.54) is 19.3 Å². The predicted octanol–water partition coefficient (Wildman–Crippen LogP) is 4.11. The largest absolute Gasteiger partial charge is 0.507 e. The fourth-order valence-electron chi connectivity index (χ4n) is 3.26. The lowest BCUT2D eigenvalue weighted by Crippen LogP contribution is -2.26. The number of phenols is 1. The number of carboxylic acid groups (broad SMARTS) is 1. The smallest absolute Gasteiger partial charge is 0.310 e. The summed E-state index contributed by atoms with van der Waals surface area (Å²) in [7, 11) is 0. The molecule has 0 spiro atoms. The Labute approximate surface area is 120 Å². The van der Waals surface area contributed by atoms with Crippen molar-refractivity contribution < 1.29 is 15.0 Å². The molecule has 3 nitrogen and oxygen atoms in total. The number of carbonyl (C=O) groups is 1. The molecule has 0 amide bonds. The average molecular weight is 276 g/mol. The van der Waals surface area contributed by atoms with Gasteiger partial charge in [-0.3, -0.25) is 4.79 Å². The van der Waals surface area contributed by atoms with Crippen LogP contribution in [0.4, 0.5) is 0 Å². The molecule has 1 aromatic rings. The number of aryl methyl sites for hydroxylation is 1. The zero-order valence-corrected chi connectivity index (χ0v) is 12.6. The second-order valence-corrected chi connectivity index (χ2v) is 6.42. The lowest BCUT2D eigenvalue weighted by atomic mass is 9.69. The summed E-state index contributed by atoms with van der Waals surface area (Å²) in [5.74, 6) is -1.02. The van der Waals surface area contributed by atoms with Gasteiger partial charge in [-0.1, -0.05) is 38.3 Å². The number of carboxylic acids is 1. The first-order chi connectivity index (χ1) is 9.35. The van der Waals surface area contributed by atoms with Gasteiger partial charge in [0.05, 0.1) is 5.92 Å². The molecule has 0 aliphatic heterocycles. The van der Waals surface area contributed by atoms with Crippen molar-refractivity contribution in [1.29, 1.82) is 0 Å². The molecule has 1 fully saturated rings. The topological polar surface area (TPSA) is 57.5 Å². The highest BCUT2D eigenvalue weighted by atomic mass is 16.4. The van der Waals surface area contributed by atoms with Gasteiger partial charge in [0.2, 0.25) is 0 Å². The van der Waals surface area contributed by atoms with Gasteiger partial charge in [-0.25, -0.2) is 0 Å². The quantitative estimate of drug-likeness (QED) is 0.873. The Bertz CT molecular complexity index is 513. The molecule has 1 atom stereocenters. The first kappa shape index (κ1) is 14.9. The molecule has 110 valence electrons. The highest BCUT2D eigenvalue weighted by molar-refractivity contribution is 5.76. The molecule has 1 unspecified atom stereocenters. The Morgan fingerprint density at radius 2 is 1.85 bits per heavy atom. The molecule has 1 aromatic carbocycles. The summed E-state index contributed by atoms with van der Waals surface area (Å²) < 4.78 is 0. The standard InChI is InChI=1S/C17H24O3/c1-11-9-13(12(2)16(19)20)10-14(15(11)18)17(3)7-5-4-6-8-17/h9-10,12,18H,4-8H2,1-3H3,(H,19,20). The molecule has 3 heteroatoms. The van der Waals surface area contributed by atoms with Crippen molar-refractivity contribution in [2.75, 3.05) is 0 Å². The third-order valence-corrected chi connectivity index (χ3v) is 4.80. The second kappa shape index (κ2) is 5.47. The van der Waals surface area contributed by atoms with Crippen LogP contribution in [-0.4, -0.2) is 16.2 Å². The second-order valence-electron chi connectivity index (χ2n) is 6.42. The van der Waals surface area contributed by atoms with Gasteiger partial charge in [-0.15, -0.1) is 0 Å². The highest BCUT2D eigenvalue weighted by Crippen LogP contribution is 2.44. The van der Waals surface area contributed by atoms with E-state index in [9.17, 15) is 15.0 Å². The maximum absolute atomic E-state index is 11.2. The van der Waals surface area contributed by atoms with E-state index < -0.39 is 11.9 Å². The van der Waals surface area contributed by atoms with Gasteiger partial charge in [0, 0.05) is 5.56 Å². The maximum Gasteiger partial charge on any atom is 0.310 e. The Morgan fingerprint density at radius 1 is 1.25 bits per heavy atom. The molecular formula is C17H24O3. The maximum atomic E-state index is 11.2. The third-order valence-electron chi connectivity index (χ3n) is 4.80.